The predicted molar refractivity (Wildman–Crippen MR) is 60.0 cm³/mol. The van der Waals surface area contributed by atoms with E-state index in [1.54, 1.807) is 0 Å². The summed E-state index contributed by atoms with van der Waals surface area (Å²) in [6.07, 6.45) is 1.38. The minimum absolute atomic E-state index is 0.162. The van der Waals surface area contributed by atoms with E-state index in [1.165, 1.54) is 0 Å². The van der Waals surface area contributed by atoms with Crippen LogP contribution >= 0.6 is 0 Å². The zero-order valence-electron chi connectivity index (χ0n) is 9.94. The van der Waals surface area contributed by atoms with E-state index in [1.807, 2.05) is 0 Å². The topological polar surface area (TPSA) is 43.8 Å². The Balaban J connectivity index is 2.70. The summed E-state index contributed by atoms with van der Waals surface area (Å²) in [4.78, 5) is 15.4. The molecule has 1 rings (SSSR count). The largest absolute Gasteiger partial charge is 0.481 e. The lowest BCUT2D eigenvalue weighted by molar-refractivity contribution is -0.138. The molecule has 1 aliphatic heterocycles. The second-order valence-corrected chi connectivity index (χ2v) is 4.48. The molecule has 2 unspecified atom stereocenters. The third kappa shape index (κ3) is 3.47. The zero-order valence-corrected chi connectivity index (χ0v) is 9.94. The van der Waals surface area contributed by atoms with E-state index >= 15 is 0 Å². The SMILES string of the molecule is CCN1C(C)CCN(C)CC1CC(=O)O. The van der Waals surface area contributed by atoms with Crippen molar-refractivity contribution >= 4 is 5.97 Å². The van der Waals surface area contributed by atoms with Gasteiger partial charge >= 0.3 is 5.97 Å². The highest BCUT2D eigenvalue weighted by molar-refractivity contribution is 5.67. The lowest BCUT2D eigenvalue weighted by Crippen LogP contribution is -2.44. The van der Waals surface area contributed by atoms with E-state index in [-0.39, 0.29) is 12.5 Å². The monoisotopic (exact) mass is 214 g/mol. The van der Waals surface area contributed by atoms with Crippen molar-refractivity contribution in [3.8, 4) is 0 Å². The molecule has 0 aromatic rings. The maximum absolute atomic E-state index is 10.8. The predicted octanol–water partition coefficient (Wildman–Crippen LogP) is 0.876. The van der Waals surface area contributed by atoms with Crippen LogP contribution in [0.25, 0.3) is 0 Å². The maximum atomic E-state index is 10.8. The number of carbonyl (C=O) groups is 1. The highest BCUT2D eigenvalue weighted by atomic mass is 16.4. The average Bonchev–Trinajstić information content (AvgIpc) is 2.25. The van der Waals surface area contributed by atoms with Crippen LogP contribution in [0.2, 0.25) is 0 Å². The summed E-state index contributed by atoms with van der Waals surface area (Å²) in [7, 11) is 2.07. The molecule has 0 aromatic carbocycles. The van der Waals surface area contributed by atoms with E-state index in [9.17, 15) is 4.79 Å². The van der Waals surface area contributed by atoms with Gasteiger partial charge < -0.3 is 10.0 Å². The van der Waals surface area contributed by atoms with Crippen LogP contribution in [0.4, 0.5) is 0 Å². The van der Waals surface area contributed by atoms with E-state index in [0.29, 0.717) is 6.04 Å². The van der Waals surface area contributed by atoms with E-state index < -0.39 is 5.97 Å². The number of likely N-dealkylation sites (N-methyl/N-ethyl adjacent to an activating group) is 2. The fourth-order valence-electron chi connectivity index (χ4n) is 2.44. The van der Waals surface area contributed by atoms with Crippen LogP contribution in [0.15, 0.2) is 0 Å². The first kappa shape index (κ1) is 12.5. The number of hydrogen-bond acceptors (Lipinski definition) is 3. The fraction of sp³-hybridized carbons (Fsp3) is 0.909. The van der Waals surface area contributed by atoms with Gasteiger partial charge in [-0.2, -0.15) is 0 Å². The number of rotatable bonds is 3. The van der Waals surface area contributed by atoms with Crippen LogP contribution in [0.3, 0.4) is 0 Å². The van der Waals surface area contributed by atoms with Gasteiger partial charge in [0.15, 0.2) is 0 Å². The zero-order chi connectivity index (χ0) is 11.4. The molecule has 0 bridgehead atoms. The number of carboxylic acid groups (broad SMARTS) is 1. The van der Waals surface area contributed by atoms with E-state index in [4.69, 9.17) is 5.11 Å². The first-order valence-electron chi connectivity index (χ1n) is 5.70. The summed E-state index contributed by atoms with van der Waals surface area (Å²) in [5.74, 6) is -0.694. The first-order chi connectivity index (χ1) is 7.04. The highest BCUT2D eigenvalue weighted by Gasteiger charge is 2.28. The quantitative estimate of drug-likeness (QED) is 0.757. The van der Waals surface area contributed by atoms with Crippen molar-refractivity contribution < 1.29 is 9.90 Å². The molecule has 2 atom stereocenters. The summed E-state index contributed by atoms with van der Waals surface area (Å²) < 4.78 is 0. The number of nitrogens with zero attached hydrogens (tertiary/aromatic N) is 2. The standard InChI is InChI=1S/C11H22N2O2/c1-4-13-9(2)5-6-12(3)8-10(13)7-11(14)15/h9-10H,4-8H2,1-3H3,(H,14,15). The molecule has 1 fully saturated rings. The third-order valence-corrected chi connectivity index (χ3v) is 3.26. The van der Waals surface area contributed by atoms with Gasteiger partial charge in [-0.3, -0.25) is 9.69 Å². The fourth-order valence-corrected chi connectivity index (χ4v) is 2.44. The second kappa shape index (κ2) is 5.47. The Morgan fingerprint density at radius 1 is 1.53 bits per heavy atom. The van der Waals surface area contributed by atoms with Crippen LogP contribution in [-0.4, -0.2) is 59.6 Å². The van der Waals surface area contributed by atoms with Crippen molar-refractivity contribution in [2.24, 2.45) is 0 Å². The molecule has 0 amide bonds. The molecule has 1 aliphatic rings. The Kier molecular flexibility index (Phi) is 4.54. The molecule has 1 heterocycles. The number of hydrogen-bond donors (Lipinski definition) is 1. The van der Waals surface area contributed by atoms with Gasteiger partial charge in [0.05, 0.1) is 6.42 Å². The molecule has 1 N–H and O–H groups in total. The van der Waals surface area contributed by atoms with Crippen molar-refractivity contribution in [2.45, 2.75) is 38.8 Å². The molecule has 0 saturated carbocycles. The van der Waals surface area contributed by atoms with Gasteiger partial charge in [0.1, 0.15) is 0 Å². The van der Waals surface area contributed by atoms with Gasteiger partial charge in [-0.1, -0.05) is 6.92 Å². The molecule has 15 heavy (non-hydrogen) atoms. The van der Waals surface area contributed by atoms with Crippen LogP contribution in [-0.2, 0) is 4.79 Å². The van der Waals surface area contributed by atoms with Crippen LogP contribution in [0, 0.1) is 0 Å². The van der Waals surface area contributed by atoms with Crippen molar-refractivity contribution in [3.05, 3.63) is 0 Å². The Morgan fingerprint density at radius 2 is 2.20 bits per heavy atom. The normalized spacial score (nSPS) is 30.1. The van der Waals surface area contributed by atoms with Crippen molar-refractivity contribution in [2.75, 3.05) is 26.7 Å². The Labute approximate surface area is 91.9 Å². The molecule has 1 saturated heterocycles. The summed E-state index contributed by atoms with van der Waals surface area (Å²) in [5, 5.41) is 8.90. The van der Waals surface area contributed by atoms with Gasteiger partial charge in [-0.05, 0) is 33.5 Å². The Morgan fingerprint density at radius 3 is 2.73 bits per heavy atom. The minimum Gasteiger partial charge on any atom is -0.481 e. The van der Waals surface area contributed by atoms with E-state index in [2.05, 4.69) is 30.7 Å². The minimum atomic E-state index is -0.694. The van der Waals surface area contributed by atoms with Crippen LogP contribution < -0.4 is 0 Å². The molecule has 0 aliphatic carbocycles. The van der Waals surface area contributed by atoms with E-state index in [0.717, 1.165) is 26.1 Å². The molecule has 88 valence electrons. The summed E-state index contributed by atoms with van der Waals surface area (Å²) in [6.45, 7) is 7.17. The van der Waals surface area contributed by atoms with Gasteiger partial charge in [0.2, 0.25) is 0 Å². The Bertz CT molecular complexity index is 221. The number of carboxylic acids is 1. The van der Waals surface area contributed by atoms with Gasteiger partial charge in [0, 0.05) is 18.6 Å². The number of aliphatic carboxylic acids is 1. The molecular weight excluding hydrogens is 192 g/mol. The molecule has 4 heteroatoms. The van der Waals surface area contributed by atoms with Crippen LogP contribution in [0.5, 0.6) is 0 Å². The van der Waals surface area contributed by atoms with Crippen molar-refractivity contribution in [3.63, 3.8) is 0 Å². The molecule has 0 aromatic heterocycles. The summed E-state index contributed by atoms with van der Waals surface area (Å²) >= 11 is 0. The molecule has 0 spiro atoms. The van der Waals surface area contributed by atoms with Crippen LogP contribution in [0.1, 0.15) is 26.7 Å². The van der Waals surface area contributed by atoms with Crippen molar-refractivity contribution in [1.82, 2.24) is 9.80 Å². The highest BCUT2D eigenvalue weighted by Crippen LogP contribution is 2.17. The van der Waals surface area contributed by atoms with Gasteiger partial charge in [-0.25, -0.2) is 0 Å². The summed E-state index contributed by atoms with van der Waals surface area (Å²) in [5.41, 5.74) is 0. The molecule has 0 radical (unpaired) electrons. The third-order valence-electron chi connectivity index (χ3n) is 3.26. The Hall–Kier alpha value is -0.610. The second-order valence-electron chi connectivity index (χ2n) is 4.48. The smallest absolute Gasteiger partial charge is 0.304 e. The lowest BCUT2D eigenvalue weighted by Gasteiger charge is -2.32. The summed E-state index contributed by atoms with van der Waals surface area (Å²) in [6, 6.07) is 0.652. The molecular formula is C11H22N2O2. The van der Waals surface area contributed by atoms with Gasteiger partial charge in [-0.15, -0.1) is 0 Å². The average molecular weight is 214 g/mol. The molecule has 4 nitrogen and oxygen atoms in total. The maximum Gasteiger partial charge on any atom is 0.304 e. The van der Waals surface area contributed by atoms with Gasteiger partial charge in [0.25, 0.3) is 0 Å². The van der Waals surface area contributed by atoms with Crippen molar-refractivity contribution in [1.29, 1.82) is 0 Å². The lowest BCUT2D eigenvalue weighted by atomic mass is 10.1. The first-order valence-corrected chi connectivity index (χ1v) is 5.70.